The molecule has 0 aromatic heterocycles. The average Bonchev–Trinajstić information content (AvgIpc) is 3.24. The Morgan fingerprint density at radius 1 is 1.04 bits per heavy atom. The molecule has 1 aromatic carbocycles. The first-order valence-electron chi connectivity index (χ1n) is 9.26. The number of nitrogens with one attached hydrogen (secondary N) is 1. The summed E-state index contributed by atoms with van der Waals surface area (Å²) in [5, 5.41) is 3.24. The van der Waals surface area contributed by atoms with E-state index in [1.165, 1.54) is 16.3 Å². The van der Waals surface area contributed by atoms with Gasteiger partial charge in [0.1, 0.15) is 11.6 Å². The number of likely N-dealkylation sites (N-methyl/N-ethyl adjacent to an activating group) is 1. The van der Waals surface area contributed by atoms with Crippen LogP contribution in [0, 0.1) is 23.5 Å². The molecule has 0 bridgehead atoms. The predicted octanol–water partition coefficient (Wildman–Crippen LogP) is 1.52. The quantitative estimate of drug-likeness (QED) is 0.599. The Kier molecular flexibility index (Phi) is 7.03. The number of nitrogens with zero attached hydrogens (tertiary/aromatic N) is 2. The number of hydrogen-bond acceptors (Lipinski definition) is 6. The van der Waals surface area contributed by atoms with E-state index < -0.39 is 11.6 Å². The minimum absolute atomic E-state index is 0.0168. The fourth-order valence-corrected chi connectivity index (χ4v) is 4.55. The molecule has 4 rings (SSSR count). The molecule has 1 N–H and O–H groups in total. The third kappa shape index (κ3) is 4.53. The lowest BCUT2D eigenvalue weighted by molar-refractivity contribution is -0.134. The van der Waals surface area contributed by atoms with Crippen molar-refractivity contribution in [2.45, 2.75) is 18.5 Å². The van der Waals surface area contributed by atoms with E-state index in [-0.39, 0.29) is 23.7 Å². The second-order valence-electron chi connectivity index (χ2n) is 7.17. The Morgan fingerprint density at radius 2 is 1.57 bits per heavy atom. The molecule has 6 nitrogen and oxygen atoms in total. The monoisotopic (exact) mass is 413 g/mol. The van der Waals surface area contributed by atoms with Crippen molar-refractivity contribution >= 4 is 23.8 Å². The van der Waals surface area contributed by atoms with E-state index in [9.17, 15) is 18.4 Å². The van der Waals surface area contributed by atoms with Crippen molar-refractivity contribution < 1.29 is 23.1 Å². The number of benzene rings is 1. The lowest BCUT2D eigenvalue weighted by atomic mass is 10.00. The molecule has 1 aromatic rings. The van der Waals surface area contributed by atoms with E-state index in [4.69, 9.17) is 4.74 Å². The first-order chi connectivity index (χ1) is 13.4. The maximum Gasteiger partial charge on any atom is 0.244 e. The number of hydrogen-bond donors (Lipinski definition) is 1. The molecule has 4 unspecified atom stereocenters. The number of rotatable bonds is 3. The van der Waals surface area contributed by atoms with Crippen molar-refractivity contribution in [2.24, 2.45) is 11.8 Å². The maximum absolute atomic E-state index is 12.2. The molecule has 0 saturated carbocycles. The molecule has 3 aliphatic heterocycles. The average molecular weight is 413 g/mol. The summed E-state index contributed by atoms with van der Waals surface area (Å²) in [6, 6.07) is 4.99. The number of fused-ring (bicyclic) bond motifs is 1. The van der Waals surface area contributed by atoms with Gasteiger partial charge < -0.3 is 10.1 Å². The molecule has 3 heterocycles. The van der Waals surface area contributed by atoms with Crippen LogP contribution in [0.25, 0.3) is 0 Å². The van der Waals surface area contributed by atoms with Gasteiger partial charge in [-0.1, -0.05) is 0 Å². The fourth-order valence-electron chi connectivity index (χ4n) is 3.92. The van der Waals surface area contributed by atoms with Crippen LogP contribution < -0.4 is 5.32 Å². The molecule has 9 heteroatoms. The maximum atomic E-state index is 12.2. The third-order valence-corrected chi connectivity index (χ3v) is 6.20. The number of imide groups is 1. The van der Waals surface area contributed by atoms with Gasteiger partial charge in [-0.05, 0) is 49.7 Å². The van der Waals surface area contributed by atoms with Crippen molar-refractivity contribution in [3.05, 3.63) is 35.9 Å². The molecule has 4 atom stereocenters. The lowest BCUT2D eigenvalue weighted by Crippen LogP contribution is -2.49. The Balaban J connectivity index is 0.000000236. The van der Waals surface area contributed by atoms with E-state index in [1.54, 1.807) is 6.26 Å². The molecule has 28 heavy (non-hydrogen) atoms. The zero-order valence-electron chi connectivity index (χ0n) is 15.9. The van der Waals surface area contributed by atoms with Crippen molar-refractivity contribution in [2.75, 3.05) is 39.6 Å². The van der Waals surface area contributed by atoms with Crippen LogP contribution in [0.5, 0.6) is 0 Å². The van der Waals surface area contributed by atoms with E-state index >= 15 is 0 Å². The van der Waals surface area contributed by atoms with Gasteiger partial charge in [-0.3, -0.25) is 14.5 Å². The Labute approximate surface area is 167 Å². The van der Waals surface area contributed by atoms with Crippen LogP contribution in [0.3, 0.4) is 0 Å². The first kappa shape index (κ1) is 21.2. The summed E-state index contributed by atoms with van der Waals surface area (Å²) < 4.78 is 30.8. The van der Waals surface area contributed by atoms with Crippen LogP contribution in [0.15, 0.2) is 24.3 Å². The summed E-state index contributed by atoms with van der Waals surface area (Å²) in [5.41, 5.74) is 0. The van der Waals surface area contributed by atoms with Gasteiger partial charge in [-0.2, -0.15) is 0 Å². The van der Waals surface area contributed by atoms with E-state index in [2.05, 4.69) is 10.2 Å². The Morgan fingerprint density at radius 3 is 2.04 bits per heavy atom. The first-order valence-corrected chi connectivity index (χ1v) is 10.4. The minimum atomic E-state index is -0.411. The van der Waals surface area contributed by atoms with Crippen molar-refractivity contribution in [1.29, 1.82) is 0 Å². The van der Waals surface area contributed by atoms with Crippen LogP contribution >= 0.6 is 11.9 Å². The minimum Gasteiger partial charge on any atom is -0.378 e. The summed E-state index contributed by atoms with van der Waals surface area (Å²) in [6.45, 7) is 2.82. The van der Waals surface area contributed by atoms with E-state index in [1.807, 2.05) is 7.05 Å². The molecule has 0 spiro atoms. The largest absolute Gasteiger partial charge is 0.378 e. The number of ether oxygens (including phenoxy) is 1. The van der Waals surface area contributed by atoms with Gasteiger partial charge in [0.15, 0.2) is 0 Å². The molecule has 3 aliphatic rings. The second-order valence-corrected chi connectivity index (χ2v) is 7.90. The standard InChI is InChI=1S/C13H21N3O3S.C6H4F2/c1-14-8-3-9(7-19-6-8)15-4-10-11(5-15)13(18)16(20-2)12(10)17;7-5-1-2-6(8)4-3-5/h8-11,14H,3-7H2,1-2H3;1-4H. The number of carbonyl (C=O) groups excluding carboxylic acids is 2. The summed E-state index contributed by atoms with van der Waals surface area (Å²) in [6.07, 6.45) is 2.80. The van der Waals surface area contributed by atoms with Gasteiger partial charge in [0.25, 0.3) is 0 Å². The Hall–Kier alpha value is -1.55. The molecule has 0 aliphatic carbocycles. The van der Waals surface area contributed by atoms with Gasteiger partial charge in [0.2, 0.25) is 11.8 Å². The van der Waals surface area contributed by atoms with Crippen molar-refractivity contribution in [1.82, 2.24) is 14.5 Å². The summed E-state index contributed by atoms with van der Waals surface area (Å²) in [7, 11) is 1.94. The summed E-state index contributed by atoms with van der Waals surface area (Å²) in [5.74, 6) is -1.15. The van der Waals surface area contributed by atoms with Gasteiger partial charge in [-0.25, -0.2) is 13.1 Å². The number of likely N-dealkylation sites (tertiary alicyclic amines) is 1. The van der Waals surface area contributed by atoms with Crippen LogP contribution in [-0.4, -0.2) is 72.7 Å². The number of carbonyl (C=O) groups is 2. The summed E-state index contributed by atoms with van der Waals surface area (Å²) in [4.78, 5) is 26.7. The SMILES string of the molecule is CNC1COCC(N2CC3C(=O)N(SC)C(=O)C3C2)C1.Fc1ccc(F)cc1. The Bertz CT molecular complexity index is 661. The molecule has 3 fully saturated rings. The van der Waals surface area contributed by atoms with Gasteiger partial charge in [0.05, 0.1) is 25.0 Å². The zero-order chi connectivity index (χ0) is 20.3. The predicted molar refractivity (Wildman–Crippen MR) is 102 cm³/mol. The number of halogens is 2. The highest BCUT2D eigenvalue weighted by Crippen LogP contribution is 2.37. The van der Waals surface area contributed by atoms with E-state index in [0.29, 0.717) is 31.8 Å². The van der Waals surface area contributed by atoms with E-state index in [0.717, 1.165) is 37.3 Å². The zero-order valence-corrected chi connectivity index (χ0v) is 16.8. The van der Waals surface area contributed by atoms with Crippen molar-refractivity contribution in [3.8, 4) is 0 Å². The van der Waals surface area contributed by atoms with Gasteiger partial charge >= 0.3 is 0 Å². The van der Waals surface area contributed by atoms with Crippen LogP contribution in [0.2, 0.25) is 0 Å². The molecular formula is C19H25F2N3O3S. The van der Waals surface area contributed by atoms with Gasteiger partial charge in [-0.15, -0.1) is 0 Å². The topological polar surface area (TPSA) is 61.9 Å². The molecular weight excluding hydrogens is 388 g/mol. The fraction of sp³-hybridized carbons (Fsp3) is 0.579. The summed E-state index contributed by atoms with van der Waals surface area (Å²) >= 11 is 1.23. The molecule has 0 radical (unpaired) electrons. The molecule has 3 saturated heterocycles. The molecule has 2 amide bonds. The van der Waals surface area contributed by atoms with Crippen LogP contribution in [0.4, 0.5) is 8.78 Å². The highest BCUT2D eigenvalue weighted by molar-refractivity contribution is 7.97. The highest BCUT2D eigenvalue weighted by Gasteiger charge is 2.53. The second kappa shape index (κ2) is 9.30. The number of amides is 2. The van der Waals surface area contributed by atoms with Crippen LogP contribution in [0.1, 0.15) is 6.42 Å². The van der Waals surface area contributed by atoms with Gasteiger partial charge in [0, 0.05) is 31.4 Å². The highest BCUT2D eigenvalue weighted by atomic mass is 32.2. The normalized spacial score (nSPS) is 30.2. The van der Waals surface area contributed by atoms with Crippen LogP contribution in [-0.2, 0) is 14.3 Å². The van der Waals surface area contributed by atoms with Crippen molar-refractivity contribution in [3.63, 3.8) is 0 Å². The lowest BCUT2D eigenvalue weighted by Gasteiger charge is -2.35. The smallest absolute Gasteiger partial charge is 0.244 e. The third-order valence-electron chi connectivity index (χ3n) is 5.48. The molecule has 154 valence electrons.